The SMILES string of the molecule is COc1ccc(/C=C(/NC(=O)c2ccccc2)C(=O)N/N=C(\C)c2ccc(F)cc2)cc1OC. The Labute approximate surface area is 196 Å². The second-order valence-electron chi connectivity index (χ2n) is 7.14. The lowest BCUT2D eigenvalue weighted by atomic mass is 10.1. The zero-order valence-corrected chi connectivity index (χ0v) is 19.0. The minimum absolute atomic E-state index is 0.0308. The van der Waals surface area contributed by atoms with Crippen LogP contribution >= 0.6 is 0 Å². The van der Waals surface area contributed by atoms with Gasteiger partial charge in [-0.25, -0.2) is 9.82 Å². The fourth-order valence-corrected chi connectivity index (χ4v) is 3.00. The second kappa shape index (κ2) is 11.4. The van der Waals surface area contributed by atoms with Crippen molar-refractivity contribution in [2.45, 2.75) is 6.92 Å². The number of hydrogen-bond donors (Lipinski definition) is 2. The number of amides is 2. The van der Waals surface area contributed by atoms with Crippen LogP contribution in [-0.2, 0) is 4.79 Å². The normalized spacial score (nSPS) is 11.5. The van der Waals surface area contributed by atoms with Crippen molar-refractivity contribution >= 4 is 23.6 Å². The van der Waals surface area contributed by atoms with Crippen molar-refractivity contribution in [1.82, 2.24) is 10.7 Å². The number of hydrazone groups is 1. The second-order valence-corrected chi connectivity index (χ2v) is 7.14. The number of rotatable bonds is 8. The van der Waals surface area contributed by atoms with Crippen LogP contribution in [0.15, 0.2) is 83.6 Å². The number of methoxy groups -OCH3 is 2. The van der Waals surface area contributed by atoms with Crippen LogP contribution in [0.3, 0.4) is 0 Å². The van der Waals surface area contributed by atoms with Gasteiger partial charge in [0.05, 0.1) is 19.9 Å². The van der Waals surface area contributed by atoms with E-state index in [1.54, 1.807) is 67.6 Å². The maximum atomic E-state index is 13.2. The van der Waals surface area contributed by atoms with Crippen LogP contribution in [-0.4, -0.2) is 31.7 Å². The molecule has 8 heteroatoms. The first kappa shape index (κ1) is 24.2. The molecule has 0 aromatic heterocycles. The summed E-state index contributed by atoms with van der Waals surface area (Å²) < 4.78 is 23.7. The average Bonchev–Trinajstić information content (AvgIpc) is 2.87. The first-order valence-corrected chi connectivity index (χ1v) is 10.3. The molecule has 0 fully saturated rings. The van der Waals surface area contributed by atoms with Gasteiger partial charge < -0.3 is 14.8 Å². The summed E-state index contributed by atoms with van der Waals surface area (Å²) >= 11 is 0. The minimum atomic E-state index is -0.638. The number of ether oxygens (including phenoxy) is 2. The number of nitrogens with zero attached hydrogens (tertiary/aromatic N) is 1. The molecule has 2 amide bonds. The highest BCUT2D eigenvalue weighted by Gasteiger charge is 2.15. The third-order valence-electron chi connectivity index (χ3n) is 4.83. The molecule has 3 aromatic rings. The molecule has 0 bridgehead atoms. The maximum absolute atomic E-state index is 13.2. The van der Waals surface area contributed by atoms with Gasteiger partial charge in [0.25, 0.3) is 11.8 Å². The Bertz CT molecular complexity index is 1220. The highest BCUT2D eigenvalue weighted by Crippen LogP contribution is 2.28. The summed E-state index contributed by atoms with van der Waals surface area (Å²) in [6.07, 6.45) is 1.50. The third kappa shape index (κ3) is 6.29. The van der Waals surface area contributed by atoms with Crippen LogP contribution in [0, 0.1) is 5.82 Å². The molecule has 0 saturated carbocycles. The molecular weight excluding hydrogens is 437 g/mol. The smallest absolute Gasteiger partial charge is 0.287 e. The lowest BCUT2D eigenvalue weighted by Gasteiger charge is -2.11. The van der Waals surface area contributed by atoms with Gasteiger partial charge in [0.2, 0.25) is 0 Å². The third-order valence-corrected chi connectivity index (χ3v) is 4.83. The molecule has 0 aliphatic rings. The molecule has 174 valence electrons. The number of carbonyl (C=O) groups excluding carboxylic acids is 2. The lowest BCUT2D eigenvalue weighted by Crippen LogP contribution is -2.33. The lowest BCUT2D eigenvalue weighted by molar-refractivity contribution is -0.117. The van der Waals surface area contributed by atoms with Crippen LogP contribution in [0.2, 0.25) is 0 Å². The largest absolute Gasteiger partial charge is 0.493 e. The van der Waals surface area contributed by atoms with E-state index in [1.165, 1.54) is 32.4 Å². The highest BCUT2D eigenvalue weighted by molar-refractivity contribution is 6.06. The topological polar surface area (TPSA) is 89.0 Å². The monoisotopic (exact) mass is 461 g/mol. The molecule has 0 heterocycles. The Balaban J connectivity index is 1.89. The molecule has 3 aromatic carbocycles. The predicted octanol–water partition coefficient (Wildman–Crippen LogP) is 4.15. The number of benzene rings is 3. The van der Waals surface area contributed by atoms with Crippen molar-refractivity contribution in [2.24, 2.45) is 5.10 Å². The number of carbonyl (C=O) groups is 2. The van der Waals surface area contributed by atoms with E-state index in [9.17, 15) is 14.0 Å². The van der Waals surface area contributed by atoms with Gasteiger partial charge in [0.15, 0.2) is 11.5 Å². The summed E-state index contributed by atoms with van der Waals surface area (Å²) in [6.45, 7) is 1.67. The Morgan fingerprint density at radius 3 is 2.21 bits per heavy atom. The van der Waals surface area contributed by atoms with Gasteiger partial charge in [-0.05, 0) is 60.5 Å². The van der Waals surface area contributed by atoms with E-state index in [2.05, 4.69) is 15.8 Å². The Morgan fingerprint density at radius 2 is 1.56 bits per heavy atom. The molecule has 3 rings (SSSR count). The zero-order valence-electron chi connectivity index (χ0n) is 19.0. The van der Waals surface area contributed by atoms with Crippen LogP contribution in [0.5, 0.6) is 11.5 Å². The van der Waals surface area contributed by atoms with E-state index < -0.39 is 11.8 Å². The summed E-state index contributed by atoms with van der Waals surface area (Å²) in [5, 5.41) is 6.72. The number of halogens is 1. The van der Waals surface area contributed by atoms with Crippen molar-refractivity contribution in [2.75, 3.05) is 14.2 Å². The van der Waals surface area contributed by atoms with E-state index in [0.717, 1.165) is 0 Å². The summed E-state index contributed by atoms with van der Waals surface area (Å²) in [5.41, 5.74) is 4.50. The van der Waals surface area contributed by atoms with Crippen molar-refractivity contribution in [3.05, 3.63) is 101 Å². The van der Waals surface area contributed by atoms with Crippen LogP contribution in [0.25, 0.3) is 6.08 Å². The molecule has 0 aliphatic heterocycles. The Morgan fingerprint density at radius 1 is 0.882 bits per heavy atom. The zero-order chi connectivity index (χ0) is 24.5. The van der Waals surface area contributed by atoms with Crippen LogP contribution in [0.1, 0.15) is 28.4 Å². The van der Waals surface area contributed by atoms with Gasteiger partial charge in [-0.2, -0.15) is 5.10 Å². The molecule has 0 unspecified atom stereocenters. The van der Waals surface area contributed by atoms with Gasteiger partial charge >= 0.3 is 0 Å². The van der Waals surface area contributed by atoms with E-state index in [4.69, 9.17) is 9.47 Å². The molecule has 34 heavy (non-hydrogen) atoms. The first-order chi connectivity index (χ1) is 16.4. The van der Waals surface area contributed by atoms with Gasteiger partial charge in [-0.1, -0.05) is 36.4 Å². The van der Waals surface area contributed by atoms with Crippen LogP contribution in [0.4, 0.5) is 4.39 Å². The van der Waals surface area contributed by atoms with Crippen molar-refractivity contribution in [3.8, 4) is 11.5 Å². The Kier molecular flexibility index (Phi) is 8.12. The molecule has 0 atom stereocenters. The molecule has 0 radical (unpaired) electrons. The maximum Gasteiger partial charge on any atom is 0.287 e. The van der Waals surface area contributed by atoms with E-state index in [1.807, 2.05) is 0 Å². The van der Waals surface area contributed by atoms with Gasteiger partial charge in [0.1, 0.15) is 11.5 Å². The van der Waals surface area contributed by atoms with Crippen LogP contribution < -0.4 is 20.2 Å². The molecule has 0 saturated heterocycles. The fraction of sp³-hybridized carbons (Fsp3) is 0.115. The first-order valence-electron chi connectivity index (χ1n) is 10.3. The van der Waals surface area contributed by atoms with E-state index in [0.29, 0.717) is 33.9 Å². The number of hydrogen-bond acceptors (Lipinski definition) is 5. The number of nitrogens with one attached hydrogen (secondary N) is 2. The summed E-state index contributed by atoms with van der Waals surface area (Å²) in [5.74, 6) is -0.472. The van der Waals surface area contributed by atoms with E-state index in [-0.39, 0.29) is 11.5 Å². The molecular formula is C26H24FN3O4. The molecule has 0 spiro atoms. The van der Waals surface area contributed by atoms with E-state index >= 15 is 0 Å². The predicted molar refractivity (Wildman–Crippen MR) is 128 cm³/mol. The summed E-state index contributed by atoms with van der Waals surface area (Å²) in [6, 6.07) is 19.3. The molecule has 0 aliphatic carbocycles. The summed E-state index contributed by atoms with van der Waals surface area (Å²) in [7, 11) is 3.02. The standard InChI is InChI=1S/C26H24FN3O4/c1-17(19-10-12-21(27)13-11-19)29-30-26(32)22(28-25(31)20-7-5-4-6-8-20)15-18-9-14-23(33-2)24(16-18)34-3/h4-16H,1-3H3,(H,28,31)(H,30,32)/b22-15+,29-17+. The molecule has 7 nitrogen and oxygen atoms in total. The van der Waals surface area contributed by atoms with Crippen molar-refractivity contribution in [1.29, 1.82) is 0 Å². The van der Waals surface area contributed by atoms with Crippen molar-refractivity contribution < 1.29 is 23.5 Å². The fourth-order valence-electron chi connectivity index (χ4n) is 3.00. The highest BCUT2D eigenvalue weighted by atomic mass is 19.1. The minimum Gasteiger partial charge on any atom is -0.493 e. The van der Waals surface area contributed by atoms with Gasteiger partial charge in [0, 0.05) is 5.56 Å². The quantitative estimate of drug-likeness (QED) is 0.300. The average molecular weight is 461 g/mol. The van der Waals surface area contributed by atoms with Crippen molar-refractivity contribution in [3.63, 3.8) is 0 Å². The Hall–Kier alpha value is -4.46. The van der Waals surface area contributed by atoms with Gasteiger partial charge in [-0.3, -0.25) is 9.59 Å². The van der Waals surface area contributed by atoms with Gasteiger partial charge in [-0.15, -0.1) is 0 Å². The summed E-state index contributed by atoms with van der Waals surface area (Å²) in [4.78, 5) is 25.7. The molecule has 2 N–H and O–H groups in total.